The molecule has 1 aliphatic rings. The second kappa shape index (κ2) is 9.01. The average molecular weight is 388 g/mol. The standard InChI is InChI=1S/C21H25FN2O4/c1-15-6-8-23(9-7-15)21(27)12-24-11-20(19(26)10-17(24)13-25)28-14-16-4-2-3-5-18(16)22/h2-5,10-11,15,25H,6-9,12-14H2,1H3. The number of amides is 1. The summed E-state index contributed by atoms with van der Waals surface area (Å²) >= 11 is 0. The molecule has 0 bridgehead atoms. The molecule has 28 heavy (non-hydrogen) atoms. The van der Waals surface area contributed by atoms with Crippen molar-refractivity contribution in [3.63, 3.8) is 0 Å². The molecule has 1 aromatic carbocycles. The largest absolute Gasteiger partial charge is 0.483 e. The summed E-state index contributed by atoms with van der Waals surface area (Å²) in [5.74, 6) is 0.151. The number of carbonyl (C=O) groups is 1. The van der Waals surface area contributed by atoms with E-state index in [1.54, 1.807) is 23.1 Å². The van der Waals surface area contributed by atoms with Crippen LogP contribution < -0.4 is 10.2 Å². The van der Waals surface area contributed by atoms with E-state index in [0.717, 1.165) is 12.8 Å². The molecule has 0 atom stereocenters. The minimum absolute atomic E-state index is 0.0144. The molecule has 150 valence electrons. The molecule has 0 radical (unpaired) electrons. The summed E-state index contributed by atoms with van der Waals surface area (Å²) in [6.45, 7) is 3.15. The quantitative estimate of drug-likeness (QED) is 0.824. The van der Waals surface area contributed by atoms with Crippen LogP contribution in [0.3, 0.4) is 0 Å². The highest BCUT2D eigenvalue weighted by atomic mass is 19.1. The molecular formula is C21H25FN2O4. The third-order valence-electron chi connectivity index (χ3n) is 5.13. The molecule has 2 aromatic rings. The maximum atomic E-state index is 13.7. The van der Waals surface area contributed by atoms with Crippen LogP contribution in [0.2, 0.25) is 0 Å². The number of piperidine rings is 1. The number of hydrogen-bond donors (Lipinski definition) is 1. The van der Waals surface area contributed by atoms with Crippen LogP contribution in [0.5, 0.6) is 5.75 Å². The van der Waals surface area contributed by atoms with Crippen molar-refractivity contribution in [1.82, 2.24) is 9.47 Å². The maximum Gasteiger partial charge on any atom is 0.242 e. The van der Waals surface area contributed by atoms with Gasteiger partial charge in [-0.25, -0.2) is 4.39 Å². The lowest BCUT2D eigenvalue weighted by Gasteiger charge is -2.30. The number of hydrogen-bond acceptors (Lipinski definition) is 4. The minimum Gasteiger partial charge on any atom is -0.483 e. The molecule has 3 rings (SSSR count). The zero-order chi connectivity index (χ0) is 20.1. The molecule has 0 aliphatic carbocycles. The number of nitrogens with zero attached hydrogens (tertiary/aromatic N) is 2. The summed E-state index contributed by atoms with van der Waals surface area (Å²) in [6.07, 6.45) is 3.36. The van der Waals surface area contributed by atoms with Gasteiger partial charge in [0.2, 0.25) is 11.3 Å². The first-order valence-electron chi connectivity index (χ1n) is 9.46. The second-order valence-corrected chi connectivity index (χ2v) is 7.22. The van der Waals surface area contributed by atoms with Crippen molar-refractivity contribution < 1.29 is 19.0 Å². The molecule has 2 heterocycles. The van der Waals surface area contributed by atoms with E-state index >= 15 is 0 Å². The molecule has 0 unspecified atom stereocenters. The number of rotatable bonds is 6. The summed E-state index contributed by atoms with van der Waals surface area (Å²) in [5, 5.41) is 9.56. The molecule has 1 aliphatic heterocycles. The normalized spacial score (nSPS) is 14.9. The van der Waals surface area contributed by atoms with Gasteiger partial charge in [0.05, 0.1) is 12.8 Å². The van der Waals surface area contributed by atoms with Crippen molar-refractivity contribution in [2.75, 3.05) is 13.1 Å². The van der Waals surface area contributed by atoms with E-state index in [0.29, 0.717) is 30.3 Å². The Balaban J connectivity index is 1.75. The fraction of sp³-hybridized carbons (Fsp3) is 0.429. The lowest BCUT2D eigenvalue weighted by molar-refractivity contribution is -0.133. The molecule has 7 heteroatoms. The average Bonchev–Trinajstić information content (AvgIpc) is 2.69. The number of ether oxygens (including phenoxy) is 1. The number of carbonyl (C=O) groups excluding carboxylic acids is 1. The van der Waals surface area contributed by atoms with Gasteiger partial charge in [0.25, 0.3) is 0 Å². The van der Waals surface area contributed by atoms with Crippen LogP contribution in [0.25, 0.3) is 0 Å². The van der Waals surface area contributed by atoms with Crippen LogP contribution >= 0.6 is 0 Å². The highest BCUT2D eigenvalue weighted by molar-refractivity contribution is 5.76. The van der Waals surface area contributed by atoms with Crippen molar-refractivity contribution in [1.29, 1.82) is 0 Å². The first-order chi connectivity index (χ1) is 13.5. The van der Waals surface area contributed by atoms with Gasteiger partial charge in [-0.15, -0.1) is 0 Å². The molecule has 1 aromatic heterocycles. The van der Waals surface area contributed by atoms with Gasteiger partial charge in [-0.2, -0.15) is 0 Å². The second-order valence-electron chi connectivity index (χ2n) is 7.22. The van der Waals surface area contributed by atoms with Crippen molar-refractivity contribution >= 4 is 5.91 Å². The number of benzene rings is 1. The minimum atomic E-state index is -0.420. The van der Waals surface area contributed by atoms with Crippen molar-refractivity contribution in [2.24, 2.45) is 5.92 Å². The predicted octanol–water partition coefficient (Wildman–Crippen LogP) is 2.32. The van der Waals surface area contributed by atoms with E-state index < -0.39 is 11.2 Å². The summed E-state index contributed by atoms with van der Waals surface area (Å²) in [4.78, 5) is 26.7. The number of likely N-dealkylation sites (tertiary alicyclic amines) is 1. The van der Waals surface area contributed by atoms with Crippen LogP contribution in [-0.4, -0.2) is 33.6 Å². The zero-order valence-corrected chi connectivity index (χ0v) is 15.9. The van der Waals surface area contributed by atoms with Gasteiger partial charge >= 0.3 is 0 Å². The monoisotopic (exact) mass is 388 g/mol. The summed E-state index contributed by atoms with van der Waals surface area (Å²) in [5.41, 5.74) is 0.246. The predicted molar refractivity (Wildman–Crippen MR) is 102 cm³/mol. The fourth-order valence-corrected chi connectivity index (χ4v) is 3.26. The summed E-state index contributed by atoms with van der Waals surface area (Å²) in [6, 6.07) is 7.42. The van der Waals surface area contributed by atoms with Gasteiger partial charge < -0.3 is 19.3 Å². The summed E-state index contributed by atoms with van der Waals surface area (Å²) < 4.78 is 20.8. The topological polar surface area (TPSA) is 71.8 Å². The first-order valence-corrected chi connectivity index (χ1v) is 9.46. The Labute approximate surface area is 163 Å². The van der Waals surface area contributed by atoms with Gasteiger partial charge in [-0.05, 0) is 24.8 Å². The van der Waals surface area contributed by atoms with E-state index in [9.17, 15) is 19.1 Å². The maximum absolute atomic E-state index is 13.7. The Morgan fingerprint density at radius 1 is 1.29 bits per heavy atom. The Hall–Kier alpha value is -2.67. The third kappa shape index (κ3) is 4.78. The smallest absolute Gasteiger partial charge is 0.242 e. The molecule has 1 amide bonds. The molecule has 1 saturated heterocycles. The van der Waals surface area contributed by atoms with Gasteiger partial charge in [0.1, 0.15) is 19.0 Å². The molecule has 1 N–H and O–H groups in total. The Morgan fingerprint density at radius 2 is 2.00 bits per heavy atom. The van der Waals surface area contributed by atoms with Gasteiger partial charge in [-0.1, -0.05) is 25.1 Å². The van der Waals surface area contributed by atoms with Crippen molar-refractivity contribution in [3.05, 3.63) is 63.8 Å². The van der Waals surface area contributed by atoms with Crippen LogP contribution in [0.4, 0.5) is 4.39 Å². The van der Waals surface area contributed by atoms with Crippen molar-refractivity contribution in [3.8, 4) is 5.75 Å². The van der Waals surface area contributed by atoms with E-state index in [2.05, 4.69) is 6.92 Å². The number of halogens is 1. The Morgan fingerprint density at radius 3 is 2.68 bits per heavy atom. The van der Waals surface area contributed by atoms with E-state index in [-0.39, 0.29) is 31.4 Å². The van der Waals surface area contributed by atoms with E-state index in [1.807, 2.05) is 0 Å². The zero-order valence-electron chi connectivity index (χ0n) is 15.9. The number of aliphatic hydroxyl groups excluding tert-OH is 1. The first kappa shape index (κ1) is 20.1. The molecule has 6 nitrogen and oxygen atoms in total. The van der Waals surface area contributed by atoms with Crippen LogP contribution in [0.1, 0.15) is 31.0 Å². The van der Waals surface area contributed by atoms with Crippen LogP contribution in [0.15, 0.2) is 41.3 Å². The van der Waals surface area contributed by atoms with Gasteiger partial charge in [-0.3, -0.25) is 9.59 Å². The highest BCUT2D eigenvalue weighted by Gasteiger charge is 2.21. The number of pyridine rings is 1. The molecular weight excluding hydrogens is 363 g/mol. The molecule has 0 spiro atoms. The third-order valence-corrected chi connectivity index (χ3v) is 5.13. The van der Waals surface area contributed by atoms with Crippen molar-refractivity contribution in [2.45, 2.75) is 39.5 Å². The van der Waals surface area contributed by atoms with E-state index in [1.165, 1.54) is 22.9 Å². The Bertz CT molecular complexity index is 888. The summed E-state index contributed by atoms with van der Waals surface area (Å²) in [7, 11) is 0. The van der Waals surface area contributed by atoms with Crippen LogP contribution in [0, 0.1) is 11.7 Å². The number of aromatic nitrogens is 1. The van der Waals surface area contributed by atoms with Gasteiger partial charge in [0.15, 0.2) is 5.75 Å². The van der Waals surface area contributed by atoms with E-state index in [4.69, 9.17) is 4.74 Å². The highest BCUT2D eigenvalue weighted by Crippen LogP contribution is 2.17. The number of aliphatic hydroxyl groups is 1. The molecule has 1 fully saturated rings. The fourth-order valence-electron chi connectivity index (χ4n) is 3.26. The van der Waals surface area contributed by atoms with Crippen LogP contribution in [-0.2, 0) is 24.6 Å². The molecule has 0 saturated carbocycles. The SMILES string of the molecule is CC1CCN(C(=O)Cn2cc(OCc3ccccc3F)c(=O)cc2CO)CC1. The lowest BCUT2D eigenvalue weighted by atomic mass is 9.99. The van der Waals surface area contributed by atoms with Gasteiger partial charge in [0, 0.05) is 30.4 Å². The Kier molecular flexibility index (Phi) is 6.46. The lowest BCUT2D eigenvalue weighted by Crippen LogP contribution is -2.40.